The molecule has 1 heterocycles. The number of hydrogen-bond acceptors (Lipinski definition) is 3. The number of nitrogens with one attached hydrogen (secondary N) is 1. The minimum Gasteiger partial charge on any atom is -0.383 e. The molecule has 1 unspecified atom stereocenters. The lowest BCUT2D eigenvalue weighted by atomic mass is 9.96. The predicted octanol–water partition coefficient (Wildman–Crippen LogP) is 1.54. The second kappa shape index (κ2) is 8.67. The van der Waals surface area contributed by atoms with Gasteiger partial charge in [0.05, 0.1) is 12.5 Å². The monoisotopic (exact) mass is 318 g/mol. The van der Waals surface area contributed by atoms with Crippen LogP contribution in [0, 0.1) is 12.8 Å². The van der Waals surface area contributed by atoms with E-state index < -0.39 is 0 Å². The molecule has 0 spiro atoms. The number of piperidine rings is 1. The smallest absolute Gasteiger partial charge is 0.224 e. The van der Waals surface area contributed by atoms with E-state index in [9.17, 15) is 9.59 Å². The van der Waals surface area contributed by atoms with Crippen molar-refractivity contribution in [3.05, 3.63) is 35.4 Å². The first kappa shape index (κ1) is 17.5. The van der Waals surface area contributed by atoms with E-state index in [-0.39, 0.29) is 17.7 Å². The molecule has 2 amide bonds. The highest BCUT2D eigenvalue weighted by Gasteiger charge is 2.29. The van der Waals surface area contributed by atoms with Crippen molar-refractivity contribution in [3.8, 4) is 0 Å². The Morgan fingerprint density at radius 2 is 2.17 bits per heavy atom. The van der Waals surface area contributed by atoms with Crippen LogP contribution in [0.4, 0.5) is 0 Å². The molecule has 0 radical (unpaired) electrons. The van der Waals surface area contributed by atoms with Gasteiger partial charge in [-0.05, 0) is 30.9 Å². The highest BCUT2D eigenvalue weighted by molar-refractivity contribution is 5.83. The molecule has 1 aromatic rings. The summed E-state index contributed by atoms with van der Waals surface area (Å²) in [5, 5.41) is 3.01. The maximum absolute atomic E-state index is 12.3. The molecule has 1 aliphatic heterocycles. The molecular formula is C18H26N2O3. The number of ether oxygens (including phenoxy) is 1. The number of amides is 2. The van der Waals surface area contributed by atoms with Crippen molar-refractivity contribution in [2.24, 2.45) is 5.92 Å². The highest BCUT2D eigenvalue weighted by Crippen LogP contribution is 2.17. The Bertz CT molecular complexity index is 545. The summed E-state index contributed by atoms with van der Waals surface area (Å²) in [7, 11) is 1.62. The maximum atomic E-state index is 12.3. The van der Waals surface area contributed by atoms with Crippen molar-refractivity contribution in [2.45, 2.75) is 26.2 Å². The predicted molar refractivity (Wildman–Crippen MR) is 89.1 cm³/mol. The molecule has 1 fully saturated rings. The molecule has 1 aromatic carbocycles. The summed E-state index contributed by atoms with van der Waals surface area (Å²) in [6.07, 6.45) is 1.91. The summed E-state index contributed by atoms with van der Waals surface area (Å²) in [6, 6.07) is 8.21. The highest BCUT2D eigenvalue weighted by atomic mass is 16.5. The van der Waals surface area contributed by atoms with Gasteiger partial charge in [0.15, 0.2) is 0 Å². The average Bonchev–Trinajstić information content (AvgIpc) is 2.55. The second-order valence-electron chi connectivity index (χ2n) is 6.04. The van der Waals surface area contributed by atoms with Gasteiger partial charge in [-0.2, -0.15) is 0 Å². The van der Waals surface area contributed by atoms with Gasteiger partial charge in [0.25, 0.3) is 0 Å². The number of hydrogen-bond donors (Lipinski definition) is 1. The third-order valence-electron chi connectivity index (χ3n) is 4.39. The third kappa shape index (κ3) is 5.06. The quantitative estimate of drug-likeness (QED) is 0.829. The zero-order valence-electron chi connectivity index (χ0n) is 14.0. The van der Waals surface area contributed by atoms with E-state index in [0.717, 1.165) is 6.42 Å². The van der Waals surface area contributed by atoms with Crippen LogP contribution in [0.15, 0.2) is 24.3 Å². The number of likely N-dealkylation sites (tertiary alicyclic amines) is 1. The summed E-state index contributed by atoms with van der Waals surface area (Å²) in [5.74, 6) is 0.0564. The maximum Gasteiger partial charge on any atom is 0.224 e. The number of benzene rings is 1. The first-order valence-electron chi connectivity index (χ1n) is 8.20. The van der Waals surface area contributed by atoms with Gasteiger partial charge in [-0.1, -0.05) is 24.3 Å². The normalized spacial score (nSPS) is 18.1. The van der Waals surface area contributed by atoms with Crippen LogP contribution >= 0.6 is 0 Å². The van der Waals surface area contributed by atoms with Gasteiger partial charge >= 0.3 is 0 Å². The van der Waals surface area contributed by atoms with Crippen LogP contribution in [-0.4, -0.2) is 50.1 Å². The van der Waals surface area contributed by atoms with Gasteiger partial charge < -0.3 is 15.0 Å². The lowest BCUT2D eigenvalue weighted by molar-refractivity contribution is -0.138. The van der Waals surface area contributed by atoms with E-state index in [1.165, 1.54) is 11.1 Å². The minimum atomic E-state index is -0.110. The summed E-state index contributed by atoms with van der Waals surface area (Å²) >= 11 is 0. The molecular weight excluding hydrogens is 292 g/mol. The van der Waals surface area contributed by atoms with E-state index in [2.05, 4.69) is 24.4 Å². The van der Waals surface area contributed by atoms with Crippen molar-refractivity contribution in [2.75, 3.05) is 33.4 Å². The molecule has 23 heavy (non-hydrogen) atoms. The van der Waals surface area contributed by atoms with Crippen LogP contribution in [0.1, 0.15) is 24.0 Å². The molecule has 2 rings (SSSR count). The Labute approximate surface area is 138 Å². The summed E-state index contributed by atoms with van der Waals surface area (Å²) in [5.41, 5.74) is 2.50. The van der Waals surface area contributed by atoms with E-state index in [0.29, 0.717) is 39.1 Å². The molecule has 0 aliphatic carbocycles. The average molecular weight is 318 g/mol. The SMILES string of the molecule is COCCN1CC(C(=O)NCCc2ccccc2C)CCC1=O. The van der Waals surface area contributed by atoms with Gasteiger partial charge in [-0.3, -0.25) is 9.59 Å². The Morgan fingerprint density at radius 3 is 2.91 bits per heavy atom. The van der Waals surface area contributed by atoms with Crippen molar-refractivity contribution in [1.29, 1.82) is 0 Å². The number of nitrogens with zero attached hydrogens (tertiary/aromatic N) is 1. The fraction of sp³-hybridized carbons (Fsp3) is 0.556. The molecule has 0 saturated carbocycles. The Kier molecular flexibility index (Phi) is 6.59. The number of methoxy groups -OCH3 is 1. The molecule has 0 bridgehead atoms. The van der Waals surface area contributed by atoms with Gasteiger partial charge in [0, 0.05) is 33.2 Å². The van der Waals surface area contributed by atoms with E-state index in [4.69, 9.17) is 4.74 Å². The van der Waals surface area contributed by atoms with Gasteiger partial charge in [0.1, 0.15) is 0 Å². The molecule has 1 aliphatic rings. The molecule has 126 valence electrons. The van der Waals surface area contributed by atoms with E-state index in [1.807, 2.05) is 12.1 Å². The minimum absolute atomic E-state index is 0.0495. The topological polar surface area (TPSA) is 58.6 Å². The lowest BCUT2D eigenvalue weighted by Crippen LogP contribution is -2.47. The van der Waals surface area contributed by atoms with E-state index >= 15 is 0 Å². The number of aryl methyl sites for hydroxylation is 1. The van der Waals surface area contributed by atoms with Crippen molar-refractivity contribution >= 4 is 11.8 Å². The lowest BCUT2D eigenvalue weighted by Gasteiger charge is -2.31. The summed E-state index contributed by atoms with van der Waals surface area (Å²) in [6.45, 7) is 4.28. The van der Waals surface area contributed by atoms with Crippen LogP contribution in [0.3, 0.4) is 0 Å². The summed E-state index contributed by atoms with van der Waals surface area (Å²) < 4.78 is 5.02. The molecule has 5 heteroatoms. The van der Waals surface area contributed by atoms with Crippen LogP contribution < -0.4 is 5.32 Å². The molecule has 5 nitrogen and oxygen atoms in total. The fourth-order valence-electron chi connectivity index (χ4n) is 2.90. The molecule has 1 atom stereocenters. The molecule has 0 aromatic heterocycles. The van der Waals surface area contributed by atoms with Crippen LogP contribution in [0.5, 0.6) is 0 Å². The number of carbonyl (C=O) groups excluding carboxylic acids is 2. The van der Waals surface area contributed by atoms with Gasteiger partial charge in [-0.15, -0.1) is 0 Å². The van der Waals surface area contributed by atoms with Crippen LogP contribution in [-0.2, 0) is 20.7 Å². The summed E-state index contributed by atoms with van der Waals surface area (Å²) in [4.78, 5) is 25.9. The van der Waals surface area contributed by atoms with Gasteiger partial charge in [-0.25, -0.2) is 0 Å². The van der Waals surface area contributed by atoms with Crippen molar-refractivity contribution in [3.63, 3.8) is 0 Å². The van der Waals surface area contributed by atoms with Crippen LogP contribution in [0.2, 0.25) is 0 Å². The van der Waals surface area contributed by atoms with E-state index in [1.54, 1.807) is 12.0 Å². The fourth-order valence-corrected chi connectivity index (χ4v) is 2.90. The third-order valence-corrected chi connectivity index (χ3v) is 4.39. The first-order valence-corrected chi connectivity index (χ1v) is 8.20. The Hall–Kier alpha value is -1.88. The zero-order valence-corrected chi connectivity index (χ0v) is 14.0. The Morgan fingerprint density at radius 1 is 1.39 bits per heavy atom. The molecule has 1 saturated heterocycles. The largest absolute Gasteiger partial charge is 0.383 e. The second-order valence-corrected chi connectivity index (χ2v) is 6.04. The van der Waals surface area contributed by atoms with Crippen molar-refractivity contribution < 1.29 is 14.3 Å². The standard InChI is InChI=1S/C18H26N2O3/c1-14-5-3-4-6-15(14)9-10-19-18(22)16-7-8-17(21)20(13-16)11-12-23-2/h3-6,16H,7-13H2,1-2H3,(H,19,22). The van der Waals surface area contributed by atoms with Crippen molar-refractivity contribution in [1.82, 2.24) is 10.2 Å². The van der Waals surface area contributed by atoms with Crippen LogP contribution in [0.25, 0.3) is 0 Å². The number of carbonyl (C=O) groups is 2. The Balaban J connectivity index is 1.79. The zero-order chi connectivity index (χ0) is 16.7. The first-order chi connectivity index (χ1) is 11.1. The number of rotatable bonds is 7. The molecule has 1 N–H and O–H groups in total. The van der Waals surface area contributed by atoms with Gasteiger partial charge in [0.2, 0.25) is 11.8 Å².